The fourth-order valence-electron chi connectivity index (χ4n) is 3.17. The summed E-state index contributed by atoms with van der Waals surface area (Å²) >= 11 is 0. The van der Waals surface area contributed by atoms with E-state index in [9.17, 15) is 18.3 Å². The van der Waals surface area contributed by atoms with Crippen molar-refractivity contribution in [3.63, 3.8) is 0 Å². The Kier molecular flexibility index (Phi) is 5.07. The van der Waals surface area contributed by atoms with Gasteiger partial charge in [-0.1, -0.05) is 0 Å². The Morgan fingerprint density at radius 3 is 2.67 bits per heavy atom. The van der Waals surface area contributed by atoms with E-state index in [1.165, 1.54) is 12.1 Å². The van der Waals surface area contributed by atoms with Crippen LogP contribution in [0.2, 0.25) is 0 Å². The zero-order chi connectivity index (χ0) is 17.2. The molecule has 0 aliphatic carbocycles. The quantitative estimate of drug-likeness (QED) is 0.803. The Morgan fingerprint density at radius 1 is 1.29 bits per heavy atom. The molecule has 132 valence electrons. The lowest BCUT2D eigenvalue weighted by Crippen LogP contribution is -2.33. The van der Waals surface area contributed by atoms with E-state index in [4.69, 9.17) is 4.74 Å². The van der Waals surface area contributed by atoms with Gasteiger partial charge in [0, 0.05) is 26.2 Å². The molecular formula is C16H22N2O5S. The molecule has 0 amide bonds. The van der Waals surface area contributed by atoms with Gasteiger partial charge in [0.1, 0.15) is 4.90 Å². The molecular weight excluding hydrogens is 332 g/mol. The maximum atomic E-state index is 12.8. The Hall–Kier alpha value is -1.64. The van der Waals surface area contributed by atoms with Crippen LogP contribution in [0, 0.1) is 0 Å². The number of benzene rings is 1. The zero-order valence-corrected chi connectivity index (χ0v) is 14.2. The Morgan fingerprint density at radius 2 is 2.04 bits per heavy atom. The van der Waals surface area contributed by atoms with Crippen LogP contribution < -0.4 is 9.62 Å². The standard InChI is InChI=1S/C16H22N2O5S/c19-16(20)12-5-6-14(18-7-1-2-8-18)15(10-12)24(21,22)17-11-13-4-3-9-23-13/h5-6,10,13,17H,1-4,7-9,11H2,(H,19,20). The minimum Gasteiger partial charge on any atom is -0.478 e. The van der Waals surface area contributed by atoms with Crippen LogP contribution in [0.3, 0.4) is 0 Å². The summed E-state index contributed by atoms with van der Waals surface area (Å²) in [6, 6.07) is 4.29. The van der Waals surface area contributed by atoms with Crippen LogP contribution in [-0.4, -0.2) is 51.8 Å². The van der Waals surface area contributed by atoms with E-state index in [0.717, 1.165) is 38.8 Å². The van der Waals surface area contributed by atoms with Gasteiger partial charge in [-0.25, -0.2) is 17.9 Å². The molecule has 2 aliphatic heterocycles. The first-order valence-corrected chi connectivity index (χ1v) is 9.69. The van der Waals surface area contributed by atoms with E-state index < -0.39 is 16.0 Å². The molecule has 2 fully saturated rings. The number of nitrogens with one attached hydrogen (secondary N) is 1. The van der Waals surface area contributed by atoms with E-state index in [2.05, 4.69) is 4.72 Å². The predicted octanol–water partition coefficient (Wildman–Crippen LogP) is 1.44. The number of carboxylic acid groups (broad SMARTS) is 1. The highest BCUT2D eigenvalue weighted by Crippen LogP contribution is 2.29. The van der Waals surface area contributed by atoms with Crippen molar-refractivity contribution in [1.82, 2.24) is 4.72 Å². The summed E-state index contributed by atoms with van der Waals surface area (Å²) in [5, 5.41) is 9.18. The van der Waals surface area contributed by atoms with Crippen molar-refractivity contribution in [2.75, 3.05) is 31.1 Å². The van der Waals surface area contributed by atoms with Crippen molar-refractivity contribution in [3.05, 3.63) is 23.8 Å². The summed E-state index contributed by atoms with van der Waals surface area (Å²) in [6.07, 6.45) is 3.65. The third-order valence-electron chi connectivity index (χ3n) is 4.47. The second-order valence-corrected chi connectivity index (χ2v) is 7.90. The topological polar surface area (TPSA) is 95.9 Å². The van der Waals surface area contributed by atoms with E-state index in [-0.39, 0.29) is 23.1 Å². The highest BCUT2D eigenvalue weighted by molar-refractivity contribution is 7.89. The minimum absolute atomic E-state index is 0.0299. The molecule has 1 atom stereocenters. The van der Waals surface area contributed by atoms with Crippen molar-refractivity contribution in [2.24, 2.45) is 0 Å². The van der Waals surface area contributed by atoms with Crippen molar-refractivity contribution >= 4 is 21.7 Å². The molecule has 7 nitrogen and oxygen atoms in total. The fraction of sp³-hybridized carbons (Fsp3) is 0.562. The van der Waals surface area contributed by atoms with Gasteiger partial charge in [0.2, 0.25) is 10.0 Å². The van der Waals surface area contributed by atoms with Crippen LogP contribution in [0.25, 0.3) is 0 Å². The Labute approximate surface area is 141 Å². The monoisotopic (exact) mass is 354 g/mol. The largest absolute Gasteiger partial charge is 0.478 e. The van der Waals surface area contributed by atoms with Gasteiger partial charge in [-0.3, -0.25) is 0 Å². The van der Waals surface area contributed by atoms with Gasteiger partial charge in [0.05, 0.1) is 17.4 Å². The van der Waals surface area contributed by atoms with Crippen LogP contribution in [0.4, 0.5) is 5.69 Å². The SMILES string of the molecule is O=C(O)c1ccc(N2CCCC2)c(S(=O)(=O)NCC2CCCO2)c1. The first-order chi connectivity index (χ1) is 11.5. The number of sulfonamides is 1. The molecule has 3 rings (SSSR count). The molecule has 2 saturated heterocycles. The summed E-state index contributed by atoms with van der Waals surface area (Å²) < 4.78 is 33.5. The zero-order valence-electron chi connectivity index (χ0n) is 13.4. The summed E-state index contributed by atoms with van der Waals surface area (Å²) in [5.41, 5.74) is 0.535. The lowest BCUT2D eigenvalue weighted by atomic mass is 10.2. The highest BCUT2D eigenvalue weighted by atomic mass is 32.2. The van der Waals surface area contributed by atoms with E-state index in [1.807, 2.05) is 4.90 Å². The van der Waals surface area contributed by atoms with Crippen LogP contribution in [-0.2, 0) is 14.8 Å². The summed E-state index contributed by atoms with van der Waals surface area (Å²) in [7, 11) is -3.81. The average molecular weight is 354 g/mol. The molecule has 24 heavy (non-hydrogen) atoms. The van der Waals surface area contributed by atoms with Gasteiger partial charge in [0.25, 0.3) is 0 Å². The van der Waals surface area contributed by atoms with Crippen molar-refractivity contribution in [2.45, 2.75) is 36.7 Å². The Bertz CT molecular complexity index is 707. The lowest BCUT2D eigenvalue weighted by Gasteiger charge is -2.22. The number of carboxylic acids is 1. The first kappa shape index (κ1) is 17.2. The highest BCUT2D eigenvalue weighted by Gasteiger charge is 2.26. The second kappa shape index (κ2) is 7.08. The third kappa shape index (κ3) is 3.71. The molecule has 2 aliphatic rings. The maximum Gasteiger partial charge on any atom is 0.335 e. The molecule has 1 aromatic rings. The number of rotatable bonds is 6. The molecule has 8 heteroatoms. The molecule has 0 aromatic heterocycles. The van der Waals surface area contributed by atoms with Gasteiger partial charge >= 0.3 is 5.97 Å². The number of aromatic carboxylic acids is 1. The summed E-state index contributed by atoms with van der Waals surface area (Å²) in [6.45, 7) is 2.42. The van der Waals surface area contributed by atoms with Crippen molar-refractivity contribution < 1.29 is 23.1 Å². The normalized spacial score (nSPS) is 21.3. The first-order valence-electron chi connectivity index (χ1n) is 8.21. The Balaban J connectivity index is 1.89. The molecule has 0 bridgehead atoms. The van der Waals surface area contributed by atoms with Crippen LogP contribution in [0.5, 0.6) is 0 Å². The number of ether oxygens (including phenoxy) is 1. The summed E-state index contributed by atoms with van der Waals surface area (Å²) in [5.74, 6) is -1.14. The molecule has 2 heterocycles. The minimum atomic E-state index is -3.81. The van der Waals surface area contributed by atoms with Gasteiger partial charge in [-0.2, -0.15) is 0 Å². The van der Waals surface area contributed by atoms with Gasteiger partial charge in [-0.15, -0.1) is 0 Å². The molecule has 2 N–H and O–H groups in total. The van der Waals surface area contributed by atoms with Gasteiger partial charge in [-0.05, 0) is 43.9 Å². The number of carbonyl (C=O) groups is 1. The maximum absolute atomic E-state index is 12.8. The fourth-order valence-corrected chi connectivity index (χ4v) is 4.48. The molecule has 0 spiro atoms. The van der Waals surface area contributed by atoms with Crippen molar-refractivity contribution in [1.29, 1.82) is 0 Å². The van der Waals surface area contributed by atoms with E-state index in [0.29, 0.717) is 12.3 Å². The molecule has 1 aromatic carbocycles. The van der Waals surface area contributed by atoms with E-state index in [1.54, 1.807) is 6.07 Å². The second-order valence-electron chi connectivity index (χ2n) is 6.17. The van der Waals surface area contributed by atoms with E-state index >= 15 is 0 Å². The number of hydrogen-bond acceptors (Lipinski definition) is 5. The van der Waals surface area contributed by atoms with Crippen LogP contribution >= 0.6 is 0 Å². The number of hydrogen-bond donors (Lipinski definition) is 2. The molecule has 0 radical (unpaired) electrons. The number of nitrogens with zero attached hydrogens (tertiary/aromatic N) is 1. The molecule has 0 saturated carbocycles. The van der Waals surface area contributed by atoms with Gasteiger partial charge < -0.3 is 14.7 Å². The van der Waals surface area contributed by atoms with Gasteiger partial charge in [0.15, 0.2) is 0 Å². The molecule has 1 unspecified atom stereocenters. The van der Waals surface area contributed by atoms with Crippen LogP contribution in [0.15, 0.2) is 23.1 Å². The summed E-state index contributed by atoms with van der Waals surface area (Å²) in [4.78, 5) is 13.3. The predicted molar refractivity (Wildman–Crippen MR) is 89.0 cm³/mol. The third-order valence-corrected chi connectivity index (χ3v) is 5.92. The average Bonchev–Trinajstić information content (AvgIpc) is 3.26. The smallest absolute Gasteiger partial charge is 0.335 e. The number of anilines is 1. The lowest BCUT2D eigenvalue weighted by molar-refractivity contribution is 0.0696. The van der Waals surface area contributed by atoms with Crippen molar-refractivity contribution in [3.8, 4) is 0 Å². The van der Waals surface area contributed by atoms with Crippen LogP contribution in [0.1, 0.15) is 36.0 Å².